The summed E-state index contributed by atoms with van der Waals surface area (Å²) in [5.41, 5.74) is 1.44. The Hall–Kier alpha value is -0.560. The zero-order chi connectivity index (χ0) is 13.8. The minimum Gasteiger partial charge on any atom is -0.396 e. The molecular weight excluding hydrogens is 220 g/mol. The molecule has 0 bridgehead atoms. The van der Waals surface area contributed by atoms with Crippen LogP contribution < -0.4 is 0 Å². The van der Waals surface area contributed by atoms with Gasteiger partial charge in [0.15, 0.2) is 0 Å². The van der Waals surface area contributed by atoms with Crippen LogP contribution in [0.3, 0.4) is 0 Å². The fourth-order valence-corrected chi connectivity index (χ4v) is 2.00. The minimum atomic E-state index is 0.340. The molecule has 0 rings (SSSR count). The molecule has 0 saturated heterocycles. The Morgan fingerprint density at radius 1 is 1.11 bits per heavy atom. The van der Waals surface area contributed by atoms with Crippen molar-refractivity contribution in [1.82, 2.24) is 0 Å². The van der Waals surface area contributed by atoms with Gasteiger partial charge in [0.1, 0.15) is 0 Å². The van der Waals surface area contributed by atoms with Crippen molar-refractivity contribution in [2.45, 2.75) is 66.2 Å². The van der Waals surface area contributed by atoms with E-state index in [-0.39, 0.29) is 0 Å². The van der Waals surface area contributed by atoms with Crippen molar-refractivity contribution >= 4 is 0 Å². The van der Waals surface area contributed by atoms with E-state index in [0.717, 1.165) is 18.8 Å². The van der Waals surface area contributed by atoms with Gasteiger partial charge in [-0.25, -0.2) is 0 Å². The van der Waals surface area contributed by atoms with Gasteiger partial charge in [-0.3, -0.25) is 0 Å². The first kappa shape index (κ1) is 17.4. The van der Waals surface area contributed by atoms with E-state index in [2.05, 4.69) is 45.9 Å². The Labute approximate surface area is 114 Å². The van der Waals surface area contributed by atoms with Crippen LogP contribution in [0.15, 0.2) is 23.8 Å². The van der Waals surface area contributed by atoms with Gasteiger partial charge < -0.3 is 5.11 Å². The van der Waals surface area contributed by atoms with Crippen LogP contribution in [0.25, 0.3) is 0 Å². The molecule has 1 N–H and O–H groups in total. The van der Waals surface area contributed by atoms with Crippen LogP contribution in [-0.4, -0.2) is 11.7 Å². The molecule has 0 aliphatic carbocycles. The summed E-state index contributed by atoms with van der Waals surface area (Å²) in [4.78, 5) is 0. The number of aliphatic hydroxyl groups is 1. The summed E-state index contributed by atoms with van der Waals surface area (Å²) in [5, 5.41) is 8.78. The molecule has 0 amide bonds. The quantitative estimate of drug-likeness (QED) is 0.535. The summed E-state index contributed by atoms with van der Waals surface area (Å²) in [6.07, 6.45) is 13.9. The van der Waals surface area contributed by atoms with Crippen molar-refractivity contribution in [2.75, 3.05) is 6.61 Å². The maximum atomic E-state index is 8.78. The van der Waals surface area contributed by atoms with Crippen LogP contribution in [0.2, 0.25) is 0 Å². The second kappa shape index (κ2) is 11.5. The van der Waals surface area contributed by atoms with E-state index >= 15 is 0 Å². The molecule has 0 spiro atoms. The minimum absolute atomic E-state index is 0.340. The van der Waals surface area contributed by atoms with E-state index in [4.69, 9.17) is 5.11 Å². The average molecular weight is 252 g/mol. The van der Waals surface area contributed by atoms with E-state index in [9.17, 15) is 0 Å². The van der Waals surface area contributed by atoms with Gasteiger partial charge in [0.05, 0.1) is 0 Å². The van der Waals surface area contributed by atoms with E-state index in [1.807, 2.05) is 0 Å². The van der Waals surface area contributed by atoms with Crippen molar-refractivity contribution in [3.8, 4) is 0 Å². The Morgan fingerprint density at radius 2 is 1.78 bits per heavy atom. The van der Waals surface area contributed by atoms with Crippen LogP contribution in [-0.2, 0) is 0 Å². The average Bonchev–Trinajstić information content (AvgIpc) is 2.36. The molecule has 0 fully saturated rings. The maximum Gasteiger partial charge on any atom is 0.0431 e. The van der Waals surface area contributed by atoms with Gasteiger partial charge in [-0.2, -0.15) is 0 Å². The molecule has 0 saturated carbocycles. The molecule has 0 aromatic heterocycles. The molecule has 0 aromatic rings. The predicted octanol–water partition coefficient (Wildman–Crippen LogP) is 5.11. The predicted molar refractivity (Wildman–Crippen MR) is 81.7 cm³/mol. The van der Waals surface area contributed by atoms with Crippen molar-refractivity contribution in [3.05, 3.63) is 23.8 Å². The molecule has 1 heteroatoms. The highest BCUT2D eigenvalue weighted by Gasteiger charge is 2.03. The van der Waals surface area contributed by atoms with Crippen molar-refractivity contribution < 1.29 is 5.11 Å². The zero-order valence-corrected chi connectivity index (χ0v) is 12.8. The highest BCUT2D eigenvalue weighted by Crippen LogP contribution is 2.17. The maximum absolute atomic E-state index is 8.78. The van der Waals surface area contributed by atoms with Crippen molar-refractivity contribution in [3.63, 3.8) is 0 Å². The van der Waals surface area contributed by atoms with Crippen LogP contribution in [0.1, 0.15) is 66.2 Å². The zero-order valence-electron chi connectivity index (χ0n) is 12.8. The number of hydrogen-bond donors (Lipinski definition) is 1. The Morgan fingerprint density at radius 3 is 2.39 bits per heavy atom. The topological polar surface area (TPSA) is 20.2 Å². The molecule has 0 heterocycles. The Kier molecular flexibility index (Phi) is 11.2. The van der Waals surface area contributed by atoms with Crippen LogP contribution >= 0.6 is 0 Å². The third-order valence-electron chi connectivity index (χ3n) is 3.59. The number of hydrogen-bond acceptors (Lipinski definition) is 1. The first-order chi connectivity index (χ1) is 8.60. The molecule has 2 atom stereocenters. The van der Waals surface area contributed by atoms with Gasteiger partial charge >= 0.3 is 0 Å². The molecule has 106 valence electrons. The molecule has 2 unspecified atom stereocenters. The number of allylic oxidation sites excluding steroid dienone is 4. The van der Waals surface area contributed by atoms with Gasteiger partial charge in [-0.15, -0.1) is 0 Å². The summed E-state index contributed by atoms with van der Waals surface area (Å²) in [6, 6.07) is 0. The second-order valence-electron chi connectivity index (χ2n) is 5.63. The van der Waals surface area contributed by atoms with Gasteiger partial charge in [0.25, 0.3) is 0 Å². The van der Waals surface area contributed by atoms with Gasteiger partial charge in [0.2, 0.25) is 0 Å². The summed E-state index contributed by atoms with van der Waals surface area (Å²) < 4.78 is 0. The first-order valence-corrected chi connectivity index (χ1v) is 7.55. The summed E-state index contributed by atoms with van der Waals surface area (Å²) in [7, 11) is 0. The summed E-state index contributed by atoms with van der Waals surface area (Å²) in [5.74, 6) is 1.44. The number of aliphatic hydroxyl groups excluding tert-OH is 1. The van der Waals surface area contributed by atoms with Gasteiger partial charge in [-0.1, -0.05) is 57.4 Å². The Bertz CT molecular complexity index is 240. The molecule has 0 aliphatic rings. The summed E-state index contributed by atoms with van der Waals surface area (Å²) in [6.45, 7) is 9.30. The van der Waals surface area contributed by atoms with Crippen molar-refractivity contribution in [1.29, 1.82) is 0 Å². The lowest BCUT2D eigenvalue weighted by Crippen LogP contribution is -1.98. The fraction of sp³-hybridized carbons (Fsp3) is 0.765. The lowest BCUT2D eigenvalue weighted by molar-refractivity contribution is 0.270. The van der Waals surface area contributed by atoms with E-state index in [0.29, 0.717) is 12.5 Å². The molecule has 0 aliphatic heterocycles. The SMILES string of the molecule is CCC(C)=CC=CC(C)CCCC(C)CCCO. The molecule has 18 heavy (non-hydrogen) atoms. The van der Waals surface area contributed by atoms with E-state index in [1.54, 1.807) is 0 Å². The highest BCUT2D eigenvalue weighted by molar-refractivity contribution is 5.10. The fourth-order valence-electron chi connectivity index (χ4n) is 2.00. The summed E-state index contributed by atoms with van der Waals surface area (Å²) >= 11 is 0. The van der Waals surface area contributed by atoms with Crippen LogP contribution in [0, 0.1) is 11.8 Å². The third-order valence-corrected chi connectivity index (χ3v) is 3.59. The second-order valence-corrected chi connectivity index (χ2v) is 5.63. The normalized spacial score (nSPS) is 16.2. The lowest BCUT2D eigenvalue weighted by atomic mass is 9.95. The smallest absolute Gasteiger partial charge is 0.0431 e. The largest absolute Gasteiger partial charge is 0.396 e. The monoisotopic (exact) mass is 252 g/mol. The van der Waals surface area contributed by atoms with Gasteiger partial charge in [0, 0.05) is 6.61 Å². The molecule has 0 radical (unpaired) electrons. The van der Waals surface area contributed by atoms with Crippen molar-refractivity contribution in [2.24, 2.45) is 11.8 Å². The van der Waals surface area contributed by atoms with E-state index < -0.39 is 0 Å². The molecule has 0 aromatic carbocycles. The highest BCUT2D eigenvalue weighted by atomic mass is 16.2. The van der Waals surface area contributed by atoms with E-state index in [1.165, 1.54) is 31.3 Å². The standard InChI is InChI=1S/C17H32O/c1-5-15(2)9-6-10-16(3)11-7-12-17(4)13-8-14-18/h6,9-10,16-18H,5,7-8,11-14H2,1-4H3. The third kappa shape index (κ3) is 10.6. The molecule has 1 nitrogen and oxygen atoms in total. The van der Waals surface area contributed by atoms with Crippen LogP contribution in [0.5, 0.6) is 0 Å². The first-order valence-electron chi connectivity index (χ1n) is 7.55. The Balaban J connectivity index is 3.67. The lowest BCUT2D eigenvalue weighted by Gasteiger charge is -2.11. The van der Waals surface area contributed by atoms with Crippen LogP contribution in [0.4, 0.5) is 0 Å². The molecular formula is C17H32O. The van der Waals surface area contributed by atoms with Gasteiger partial charge in [-0.05, 0) is 44.4 Å². The number of rotatable bonds is 10.